The number of rotatable bonds is 4. The lowest BCUT2D eigenvalue weighted by Gasteiger charge is -2.54. The van der Waals surface area contributed by atoms with Crippen molar-refractivity contribution in [1.29, 1.82) is 0 Å². The van der Waals surface area contributed by atoms with Crippen LogP contribution < -0.4 is 10.6 Å². The molecule has 1 amide bonds. The number of fused-ring (bicyclic) bond motifs is 1. The second kappa shape index (κ2) is 7.30. The zero-order valence-electron chi connectivity index (χ0n) is 15.5. The van der Waals surface area contributed by atoms with Gasteiger partial charge >= 0.3 is 6.09 Å². The summed E-state index contributed by atoms with van der Waals surface area (Å²) in [5.74, 6) is 0.355. The molecule has 6 heteroatoms. The summed E-state index contributed by atoms with van der Waals surface area (Å²) in [6.07, 6.45) is 5.61. The lowest BCUT2D eigenvalue weighted by Crippen LogP contribution is -2.73. The third kappa shape index (κ3) is 4.30. The summed E-state index contributed by atoms with van der Waals surface area (Å²) < 4.78 is 11.4. The number of aryl methyl sites for hydroxylation is 1. The SMILES string of the molecule is Cc1ccncc1CNC1C(NC(=O)OC(C)(C)C)C2CCCOC21. The maximum absolute atomic E-state index is 12.2. The molecule has 25 heavy (non-hydrogen) atoms. The van der Waals surface area contributed by atoms with Crippen molar-refractivity contribution < 1.29 is 14.3 Å². The van der Waals surface area contributed by atoms with Crippen LogP contribution in [0.3, 0.4) is 0 Å². The Balaban J connectivity index is 1.63. The van der Waals surface area contributed by atoms with E-state index in [0.717, 1.165) is 25.0 Å². The second-order valence-corrected chi connectivity index (χ2v) is 8.02. The minimum Gasteiger partial charge on any atom is -0.444 e. The molecule has 0 radical (unpaired) electrons. The average molecular weight is 347 g/mol. The van der Waals surface area contributed by atoms with Crippen LogP contribution in [0.25, 0.3) is 0 Å². The molecule has 3 rings (SSSR count). The van der Waals surface area contributed by atoms with E-state index < -0.39 is 5.60 Å². The quantitative estimate of drug-likeness (QED) is 0.876. The first kappa shape index (κ1) is 18.1. The van der Waals surface area contributed by atoms with Crippen LogP contribution in [-0.4, -0.2) is 41.5 Å². The van der Waals surface area contributed by atoms with E-state index in [0.29, 0.717) is 12.5 Å². The van der Waals surface area contributed by atoms with Gasteiger partial charge in [-0.25, -0.2) is 4.79 Å². The first-order chi connectivity index (χ1) is 11.8. The predicted octanol–water partition coefficient (Wildman–Crippen LogP) is 2.55. The van der Waals surface area contributed by atoms with Crippen LogP contribution in [0.15, 0.2) is 18.5 Å². The number of alkyl carbamates (subject to hydrolysis) is 1. The second-order valence-electron chi connectivity index (χ2n) is 8.02. The van der Waals surface area contributed by atoms with E-state index >= 15 is 0 Å². The Kier molecular flexibility index (Phi) is 5.29. The minimum absolute atomic E-state index is 0.0390. The Morgan fingerprint density at radius 1 is 1.40 bits per heavy atom. The molecule has 2 fully saturated rings. The first-order valence-electron chi connectivity index (χ1n) is 9.09. The molecule has 1 aliphatic heterocycles. The third-order valence-electron chi connectivity index (χ3n) is 4.98. The van der Waals surface area contributed by atoms with Gasteiger partial charge in [-0.3, -0.25) is 4.98 Å². The van der Waals surface area contributed by atoms with Gasteiger partial charge in [-0.15, -0.1) is 0 Å². The summed E-state index contributed by atoms with van der Waals surface area (Å²) in [7, 11) is 0. The molecule has 2 heterocycles. The molecule has 1 aliphatic carbocycles. The number of amides is 1. The van der Waals surface area contributed by atoms with Gasteiger partial charge in [-0.05, 0) is 57.7 Å². The van der Waals surface area contributed by atoms with Crippen molar-refractivity contribution in [2.24, 2.45) is 5.92 Å². The summed E-state index contributed by atoms with van der Waals surface area (Å²) >= 11 is 0. The molecule has 0 bridgehead atoms. The van der Waals surface area contributed by atoms with Crippen LogP contribution in [0.5, 0.6) is 0 Å². The molecule has 1 saturated heterocycles. The molecular formula is C19H29N3O3. The Hall–Kier alpha value is -1.66. The van der Waals surface area contributed by atoms with E-state index in [4.69, 9.17) is 9.47 Å². The lowest BCUT2D eigenvalue weighted by atomic mass is 9.68. The van der Waals surface area contributed by atoms with Gasteiger partial charge in [-0.2, -0.15) is 0 Å². The van der Waals surface area contributed by atoms with Gasteiger partial charge in [0.15, 0.2) is 0 Å². The molecule has 0 aromatic carbocycles. The largest absolute Gasteiger partial charge is 0.444 e. The van der Waals surface area contributed by atoms with Crippen molar-refractivity contribution in [3.05, 3.63) is 29.6 Å². The van der Waals surface area contributed by atoms with E-state index in [1.165, 1.54) is 5.56 Å². The zero-order valence-corrected chi connectivity index (χ0v) is 15.5. The summed E-state index contributed by atoms with van der Waals surface area (Å²) in [6, 6.07) is 2.14. The number of carbonyl (C=O) groups excluding carboxylic acids is 1. The molecule has 138 valence electrons. The fourth-order valence-electron chi connectivity index (χ4n) is 3.70. The van der Waals surface area contributed by atoms with Crippen molar-refractivity contribution in [2.45, 2.75) is 70.9 Å². The van der Waals surface area contributed by atoms with Crippen molar-refractivity contribution >= 4 is 6.09 Å². The van der Waals surface area contributed by atoms with Crippen LogP contribution in [0, 0.1) is 12.8 Å². The average Bonchev–Trinajstić information content (AvgIpc) is 2.53. The van der Waals surface area contributed by atoms with E-state index in [1.54, 1.807) is 6.20 Å². The van der Waals surface area contributed by atoms with Crippen molar-refractivity contribution in [1.82, 2.24) is 15.6 Å². The highest BCUT2D eigenvalue weighted by atomic mass is 16.6. The first-order valence-corrected chi connectivity index (χ1v) is 9.09. The number of ether oxygens (including phenoxy) is 2. The van der Waals surface area contributed by atoms with Gasteiger partial charge in [0, 0.05) is 31.5 Å². The summed E-state index contributed by atoms with van der Waals surface area (Å²) in [5.41, 5.74) is 1.88. The number of carbonyl (C=O) groups is 1. The highest BCUT2D eigenvalue weighted by Gasteiger charge is 2.53. The van der Waals surface area contributed by atoms with Crippen LogP contribution >= 0.6 is 0 Å². The number of nitrogens with one attached hydrogen (secondary N) is 2. The van der Waals surface area contributed by atoms with Crippen LogP contribution in [0.1, 0.15) is 44.7 Å². The fourth-order valence-corrected chi connectivity index (χ4v) is 3.70. The normalized spacial score (nSPS) is 28.6. The van der Waals surface area contributed by atoms with E-state index in [1.807, 2.05) is 33.0 Å². The third-order valence-corrected chi connectivity index (χ3v) is 4.98. The number of hydrogen-bond donors (Lipinski definition) is 2. The van der Waals surface area contributed by atoms with Gasteiger partial charge in [0.2, 0.25) is 0 Å². The minimum atomic E-state index is -0.494. The van der Waals surface area contributed by atoms with Gasteiger partial charge in [0.05, 0.1) is 18.2 Å². The van der Waals surface area contributed by atoms with Crippen molar-refractivity contribution in [3.63, 3.8) is 0 Å². The van der Waals surface area contributed by atoms with E-state index in [9.17, 15) is 4.79 Å². The summed E-state index contributed by atoms with van der Waals surface area (Å²) in [6.45, 7) is 9.21. The predicted molar refractivity (Wildman–Crippen MR) is 95.2 cm³/mol. The molecule has 1 aromatic rings. The van der Waals surface area contributed by atoms with Crippen molar-refractivity contribution in [2.75, 3.05) is 6.61 Å². The molecule has 4 unspecified atom stereocenters. The monoisotopic (exact) mass is 347 g/mol. The van der Waals surface area contributed by atoms with Gasteiger partial charge in [-0.1, -0.05) is 0 Å². The number of nitrogens with zero attached hydrogens (tertiary/aromatic N) is 1. The Labute approximate surface area is 149 Å². The van der Waals surface area contributed by atoms with Gasteiger partial charge in [0.25, 0.3) is 0 Å². The Morgan fingerprint density at radius 2 is 2.20 bits per heavy atom. The van der Waals surface area contributed by atoms with Gasteiger partial charge in [0.1, 0.15) is 5.60 Å². The number of pyridine rings is 1. The van der Waals surface area contributed by atoms with Crippen LogP contribution in [0.4, 0.5) is 4.79 Å². The number of aromatic nitrogens is 1. The zero-order chi connectivity index (χ0) is 18.0. The highest BCUT2D eigenvalue weighted by Crippen LogP contribution is 2.38. The van der Waals surface area contributed by atoms with Crippen LogP contribution in [0.2, 0.25) is 0 Å². The lowest BCUT2D eigenvalue weighted by molar-refractivity contribution is -0.128. The maximum Gasteiger partial charge on any atom is 0.407 e. The van der Waals surface area contributed by atoms with E-state index in [-0.39, 0.29) is 24.3 Å². The molecule has 2 N–H and O–H groups in total. The number of hydrogen-bond acceptors (Lipinski definition) is 5. The van der Waals surface area contributed by atoms with Crippen LogP contribution in [-0.2, 0) is 16.0 Å². The molecule has 6 nitrogen and oxygen atoms in total. The molecule has 4 atom stereocenters. The summed E-state index contributed by atoms with van der Waals surface area (Å²) in [4.78, 5) is 16.4. The summed E-state index contributed by atoms with van der Waals surface area (Å²) in [5, 5.41) is 6.61. The molecule has 1 saturated carbocycles. The van der Waals surface area contributed by atoms with E-state index in [2.05, 4.69) is 22.5 Å². The fraction of sp³-hybridized carbons (Fsp3) is 0.684. The smallest absolute Gasteiger partial charge is 0.407 e. The highest BCUT2D eigenvalue weighted by molar-refractivity contribution is 5.68. The molecular weight excluding hydrogens is 318 g/mol. The molecule has 0 spiro atoms. The molecule has 2 aliphatic rings. The topological polar surface area (TPSA) is 72.5 Å². The van der Waals surface area contributed by atoms with Gasteiger partial charge < -0.3 is 20.1 Å². The standard InChI is InChI=1S/C19H29N3O3/c1-12-7-8-20-10-13(12)11-21-16-15(14-6-5-9-24-17(14)16)22-18(23)25-19(2,3)4/h7-8,10,14-17,21H,5-6,9,11H2,1-4H3,(H,22,23). The maximum atomic E-state index is 12.2. The van der Waals surface area contributed by atoms with Crippen molar-refractivity contribution in [3.8, 4) is 0 Å². The Morgan fingerprint density at radius 3 is 2.92 bits per heavy atom. The Bertz CT molecular complexity index is 614. The molecule has 1 aromatic heterocycles.